The van der Waals surface area contributed by atoms with E-state index in [1.807, 2.05) is 0 Å². The lowest BCUT2D eigenvalue weighted by atomic mass is 10.2. The normalized spacial score (nSPS) is 10.6. The number of nitro benzene ring substituents is 1. The number of hydrogen-bond donors (Lipinski definition) is 1. The van der Waals surface area contributed by atoms with Gasteiger partial charge < -0.3 is 5.11 Å². The van der Waals surface area contributed by atoms with Crippen LogP contribution in [0.2, 0.25) is 0 Å². The van der Waals surface area contributed by atoms with Crippen molar-refractivity contribution in [3.8, 4) is 5.69 Å². The second kappa shape index (κ2) is 4.72. The molecule has 8 heteroatoms. The first-order valence-corrected chi connectivity index (χ1v) is 5.56. The van der Waals surface area contributed by atoms with E-state index in [9.17, 15) is 19.3 Å². The zero-order valence-corrected chi connectivity index (χ0v) is 10.6. The molecule has 0 atom stereocenters. The molecule has 0 saturated carbocycles. The molecule has 1 aromatic carbocycles. The summed E-state index contributed by atoms with van der Waals surface area (Å²) < 4.78 is 14.4. The maximum Gasteiger partial charge on any atom is 0.339 e. The van der Waals surface area contributed by atoms with Crippen LogP contribution in [0, 0.1) is 29.8 Å². The third kappa shape index (κ3) is 2.11. The number of aromatic nitrogens is 2. The molecular weight excluding hydrogens is 269 g/mol. The second-order valence-electron chi connectivity index (χ2n) is 4.15. The molecule has 0 amide bonds. The van der Waals surface area contributed by atoms with E-state index in [2.05, 4.69) is 5.10 Å². The minimum absolute atomic E-state index is 0.0523. The molecule has 0 fully saturated rings. The summed E-state index contributed by atoms with van der Waals surface area (Å²) in [6, 6.07) is 2.93. The van der Waals surface area contributed by atoms with Crippen molar-refractivity contribution in [2.75, 3.05) is 0 Å². The third-order valence-corrected chi connectivity index (χ3v) is 2.87. The largest absolute Gasteiger partial charge is 0.478 e. The number of rotatable bonds is 3. The molecule has 7 nitrogen and oxygen atoms in total. The Morgan fingerprint density at radius 2 is 2.10 bits per heavy atom. The van der Waals surface area contributed by atoms with Crippen LogP contribution in [-0.4, -0.2) is 25.8 Å². The molecule has 2 rings (SSSR count). The fraction of sp³-hybridized carbons (Fsp3) is 0.167. The number of nitro groups is 1. The number of carbonyl (C=O) groups is 1. The fourth-order valence-electron chi connectivity index (χ4n) is 2.01. The zero-order valence-electron chi connectivity index (χ0n) is 10.6. The maximum absolute atomic E-state index is 13.3. The predicted octanol–water partition coefficient (Wildman–Crippen LogP) is 2.23. The van der Waals surface area contributed by atoms with Crippen LogP contribution in [0.5, 0.6) is 0 Å². The summed E-state index contributed by atoms with van der Waals surface area (Å²) in [7, 11) is 0. The molecule has 0 spiro atoms. The Labute approximate surface area is 112 Å². The van der Waals surface area contributed by atoms with Crippen molar-refractivity contribution < 1.29 is 19.2 Å². The lowest BCUT2D eigenvalue weighted by Crippen LogP contribution is -2.05. The minimum Gasteiger partial charge on any atom is -0.478 e. The highest BCUT2D eigenvalue weighted by molar-refractivity contribution is 5.90. The number of carboxylic acids is 1. The van der Waals surface area contributed by atoms with Crippen molar-refractivity contribution in [3.63, 3.8) is 0 Å². The van der Waals surface area contributed by atoms with Crippen LogP contribution in [0.1, 0.15) is 21.7 Å². The number of nitrogens with zero attached hydrogens (tertiary/aromatic N) is 3. The van der Waals surface area contributed by atoms with Crippen LogP contribution in [0.15, 0.2) is 18.2 Å². The Morgan fingerprint density at radius 1 is 1.45 bits per heavy atom. The SMILES string of the molecule is Cc1nn(-c2cc(F)ccc2[N+](=O)[O-])c(C)c1C(=O)O. The first kappa shape index (κ1) is 13.7. The van der Waals surface area contributed by atoms with Gasteiger partial charge in [0.25, 0.3) is 5.69 Å². The topological polar surface area (TPSA) is 98.3 Å². The molecular formula is C12H10FN3O4. The van der Waals surface area contributed by atoms with Gasteiger partial charge in [-0.15, -0.1) is 0 Å². The van der Waals surface area contributed by atoms with Crippen LogP contribution < -0.4 is 0 Å². The van der Waals surface area contributed by atoms with E-state index < -0.39 is 16.7 Å². The van der Waals surface area contributed by atoms with Gasteiger partial charge in [-0.3, -0.25) is 10.1 Å². The van der Waals surface area contributed by atoms with Gasteiger partial charge >= 0.3 is 5.97 Å². The van der Waals surface area contributed by atoms with E-state index in [-0.39, 0.29) is 28.3 Å². The number of carboxylic acid groups (broad SMARTS) is 1. The summed E-state index contributed by atoms with van der Waals surface area (Å²) >= 11 is 0. The highest BCUT2D eigenvalue weighted by Crippen LogP contribution is 2.26. The number of aryl methyl sites for hydroxylation is 1. The number of benzene rings is 1. The standard InChI is InChI=1S/C12H10FN3O4/c1-6-11(12(17)18)7(2)15(14-6)10-5-8(13)3-4-9(10)16(19)20/h3-5H,1-2H3,(H,17,18). The van der Waals surface area contributed by atoms with Crippen molar-refractivity contribution in [2.24, 2.45) is 0 Å². The van der Waals surface area contributed by atoms with E-state index in [0.29, 0.717) is 0 Å². The van der Waals surface area contributed by atoms with E-state index in [1.54, 1.807) is 0 Å². The number of hydrogen-bond acceptors (Lipinski definition) is 4. The molecule has 0 bridgehead atoms. The molecule has 0 unspecified atom stereocenters. The average molecular weight is 279 g/mol. The molecule has 1 heterocycles. The van der Waals surface area contributed by atoms with E-state index in [4.69, 9.17) is 5.11 Å². The summed E-state index contributed by atoms with van der Waals surface area (Å²) in [5.41, 5.74) is -0.113. The first-order chi connectivity index (χ1) is 9.32. The summed E-state index contributed by atoms with van der Waals surface area (Å²) in [4.78, 5) is 21.4. The van der Waals surface area contributed by atoms with Gasteiger partial charge in [0.1, 0.15) is 17.1 Å². The Bertz CT molecular complexity index is 724. The number of aromatic carboxylic acids is 1. The average Bonchev–Trinajstić information content (AvgIpc) is 2.64. The summed E-state index contributed by atoms with van der Waals surface area (Å²) in [5, 5.41) is 24.0. The Kier molecular flexibility index (Phi) is 3.23. The first-order valence-electron chi connectivity index (χ1n) is 5.56. The fourth-order valence-corrected chi connectivity index (χ4v) is 2.01. The molecule has 0 radical (unpaired) electrons. The lowest BCUT2D eigenvalue weighted by Gasteiger charge is -2.05. The molecule has 20 heavy (non-hydrogen) atoms. The van der Waals surface area contributed by atoms with Crippen LogP contribution in [0.25, 0.3) is 5.69 Å². The van der Waals surface area contributed by atoms with Gasteiger partial charge in [-0.25, -0.2) is 13.9 Å². The Hall–Kier alpha value is -2.77. The van der Waals surface area contributed by atoms with Gasteiger partial charge in [0.05, 0.1) is 16.3 Å². The second-order valence-corrected chi connectivity index (χ2v) is 4.15. The van der Waals surface area contributed by atoms with Gasteiger partial charge in [-0.05, 0) is 19.9 Å². The molecule has 0 aliphatic rings. The maximum atomic E-state index is 13.3. The van der Waals surface area contributed by atoms with Gasteiger partial charge in [-0.1, -0.05) is 0 Å². The Morgan fingerprint density at radius 3 is 2.60 bits per heavy atom. The van der Waals surface area contributed by atoms with Crippen molar-refractivity contribution >= 4 is 11.7 Å². The van der Waals surface area contributed by atoms with E-state index >= 15 is 0 Å². The van der Waals surface area contributed by atoms with Crippen LogP contribution in [0.4, 0.5) is 10.1 Å². The molecule has 1 aromatic heterocycles. The molecule has 0 aliphatic carbocycles. The summed E-state index contributed by atoms with van der Waals surface area (Å²) in [6.45, 7) is 2.93. The molecule has 1 N–H and O–H groups in total. The van der Waals surface area contributed by atoms with Crippen molar-refractivity contribution in [1.82, 2.24) is 9.78 Å². The molecule has 0 saturated heterocycles. The van der Waals surface area contributed by atoms with Gasteiger partial charge in [0, 0.05) is 12.1 Å². The lowest BCUT2D eigenvalue weighted by molar-refractivity contribution is -0.384. The summed E-state index contributed by atoms with van der Waals surface area (Å²) in [5.74, 6) is -1.86. The van der Waals surface area contributed by atoms with Crippen molar-refractivity contribution in [2.45, 2.75) is 13.8 Å². The highest BCUT2D eigenvalue weighted by atomic mass is 19.1. The molecule has 0 aliphatic heterocycles. The third-order valence-electron chi connectivity index (χ3n) is 2.87. The minimum atomic E-state index is -1.19. The molecule has 2 aromatic rings. The van der Waals surface area contributed by atoms with E-state index in [1.165, 1.54) is 13.8 Å². The molecule has 104 valence electrons. The number of halogens is 1. The van der Waals surface area contributed by atoms with Crippen molar-refractivity contribution in [3.05, 3.63) is 51.1 Å². The van der Waals surface area contributed by atoms with E-state index in [0.717, 1.165) is 22.9 Å². The van der Waals surface area contributed by atoms with Crippen molar-refractivity contribution in [1.29, 1.82) is 0 Å². The Balaban J connectivity index is 2.75. The quantitative estimate of drug-likeness (QED) is 0.686. The van der Waals surface area contributed by atoms with Gasteiger partial charge in [-0.2, -0.15) is 5.10 Å². The van der Waals surface area contributed by atoms with Crippen LogP contribution in [0.3, 0.4) is 0 Å². The summed E-state index contributed by atoms with van der Waals surface area (Å²) in [6.07, 6.45) is 0. The predicted molar refractivity (Wildman–Crippen MR) is 66.6 cm³/mol. The zero-order chi connectivity index (χ0) is 15.0. The highest BCUT2D eigenvalue weighted by Gasteiger charge is 2.23. The van der Waals surface area contributed by atoms with Crippen LogP contribution in [-0.2, 0) is 0 Å². The smallest absolute Gasteiger partial charge is 0.339 e. The van der Waals surface area contributed by atoms with Gasteiger partial charge in [0.2, 0.25) is 0 Å². The van der Waals surface area contributed by atoms with Gasteiger partial charge in [0.15, 0.2) is 0 Å². The monoisotopic (exact) mass is 279 g/mol. The van der Waals surface area contributed by atoms with Crippen LogP contribution >= 0.6 is 0 Å².